The third-order valence-corrected chi connectivity index (χ3v) is 8.81. The van der Waals surface area contributed by atoms with Crippen LogP contribution in [0.3, 0.4) is 0 Å². The van der Waals surface area contributed by atoms with Gasteiger partial charge in [-0.2, -0.15) is 0 Å². The van der Waals surface area contributed by atoms with E-state index in [0.717, 1.165) is 24.0 Å². The number of hydrogen-bond donors (Lipinski definition) is 1. The second kappa shape index (κ2) is 9.20. The van der Waals surface area contributed by atoms with Gasteiger partial charge in [0.15, 0.2) is 0 Å². The number of nitrogens with zero attached hydrogens (tertiary/aromatic N) is 1. The highest BCUT2D eigenvalue weighted by molar-refractivity contribution is 6.80. The largest absolute Gasteiger partial charge is 0.378 e. The molecule has 0 bridgehead atoms. The fourth-order valence-corrected chi connectivity index (χ4v) is 6.19. The van der Waals surface area contributed by atoms with Crippen LogP contribution in [0.5, 0.6) is 0 Å². The van der Waals surface area contributed by atoms with Crippen LogP contribution in [-0.2, 0) is 10.4 Å². The number of hydrogen-bond acceptors (Lipinski definition) is 2. The molecule has 4 heteroatoms. The molecule has 0 aliphatic carbocycles. The van der Waals surface area contributed by atoms with Gasteiger partial charge in [0.05, 0.1) is 14.1 Å². The Morgan fingerprint density at radius 3 is 2.10 bits per heavy atom. The highest BCUT2D eigenvalue weighted by Gasteiger charge is 2.49. The van der Waals surface area contributed by atoms with Crippen molar-refractivity contribution in [1.29, 1.82) is 0 Å². The summed E-state index contributed by atoms with van der Waals surface area (Å²) in [6.45, 7) is 9.22. The summed E-state index contributed by atoms with van der Waals surface area (Å²) in [5.41, 5.74) is 0.355. The fourth-order valence-electron chi connectivity index (χ4n) is 4.57. The molecule has 0 radical (unpaired) electrons. The van der Waals surface area contributed by atoms with Crippen molar-refractivity contribution < 1.29 is 9.90 Å². The average molecular weight is 420 g/mol. The predicted octanol–water partition coefficient (Wildman–Crippen LogP) is 5.04. The van der Waals surface area contributed by atoms with Crippen LogP contribution >= 0.6 is 0 Å². The van der Waals surface area contributed by atoms with Gasteiger partial charge in [0.1, 0.15) is 5.60 Å². The molecule has 1 aliphatic heterocycles. The van der Waals surface area contributed by atoms with Crippen LogP contribution < -0.4 is 0 Å². The van der Waals surface area contributed by atoms with Crippen LogP contribution in [0.1, 0.15) is 37.3 Å². The molecule has 1 saturated heterocycles. The van der Waals surface area contributed by atoms with Crippen LogP contribution in [0.25, 0.3) is 0 Å². The van der Waals surface area contributed by atoms with E-state index in [9.17, 15) is 9.90 Å². The van der Waals surface area contributed by atoms with Gasteiger partial charge >= 0.3 is 0 Å². The molecule has 0 aromatic heterocycles. The van der Waals surface area contributed by atoms with Gasteiger partial charge in [-0.05, 0) is 30.9 Å². The Labute approximate surface area is 182 Å². The second-order valence-electron chi connectivity index (χ2n) is 9.24. The van der Waals surface area contributed by atoms with Crippen molar-refractivity contribution in [3.63, 3.8) is 0 Å². The lowest BCUT2D eigenvalue weighted by atomic mass is 9.79. The standard InChI is InChI=1S/C26H33NO2Si/c1-5-6-18-23(30(2,3)4)25(28)27-20-13-19-24(27)26(29,21-14-9-7-10-15-21)22-16-11-8-12-17-22/h7-12,14-17,23-24,29H,13,18-20H2,1-4H3/t23-,24-/m0/s1. The van der Waals surface area contributed by atoms with Gasteiger partial charge in [-0.15, -0.1) is 11.8 Å². The molecule has 3 nitrogen and oxygen atoms in total. The molecule has 2 aromatic carbocycles. The van der Waals surface area contributed by atoms with Crippen molar-refractivity contribution >= 4 is 14.0 Å². The highest BCUT2D eigenvalue weighted by atomic mass is 28.3. The first-order valence-corrected chi connectivity index (χ1v) is 14.4. The Hall–Kier alpha value is -2.35. The van der Waals surface area contributed by atoms with E-state index in [1.165, 1.54) is 0 Å². The molecule has 30 heavy (non-hydrogen) atoms. The first-order chi connectivity index (χ1) is 14.3. The van der Waals surface area contributed by atoms with Gasteiger partial charge in [-0.1, -0.05) is 80.3 Å². The number of carbonyl (C=O) groups is 1. The van der Waals surface area contributed by atoms with Gasteiger partial charge in [0, 0.05) is 18.5 Å². The maximum absolute atomic E-state index is 13.8. The molecule has 1 heterocycles. The quantitative estimate of drug-likeness (QED) is 0.527. The van der Waals surface area contributed by atoms with Gasteiger partial charge in [0.2, 0.25) is 5.91 Å². The van der Waals surface area contributed by atoms with Crippen molar-refractivity contribution in [3.8, 4) is 11.8 Å². The summed E-state index contributed by atoms with van der Waals surface area (Å²) in [6.07, 6.45) is 2.28. The first kappa shape index (κ1) is 22.3. The number of aliphatic hydroxyl groups is 1. The minimum Gasteiger partial charge on any atom is -0.378 e. The van der Waals surface area contributed by atoms with Crippen LogP contribution in [0.4, 0.5) is 0 Å². The van der Waals surface area contributed by atoms with E-state index in [2.05, 4.69) is 31.5 Å². The number of carbonyl (C=O) groups excluding carboxylic acids is 1. The first-order valence-electron chi connectivity index (χ1n) is 10.8. The van der Waals surface area contributed by atoms with Gasteiger partial charge in [-0.3, -0.25) is 4.79 Å². The monoisotopic (exact) mass is 419 g/mol. The van der Waals surface area contributed by atoms with Crippen molar-refractivity contribution in [2.45, 2.75) is 63.0 Å². The lowest BCUT2D eigenvalue weighted by molar-refractivity contribution is -0.136. The smallest absolute Gasteiger partial charge is 0.224 e. The predicted molar refractivity (Wildman–Crippen MR) is 126 cm³/mol. The van der Waals surface area contributed by atoms with E-state index in [1.807, 2.05) is 72.5 Å². The Morgan fingerprint density at radius 1 is 1.10 bits per heavy atom. The summed E-state index contributed by atoms with van der Waals surface area (Å²) in [5.74, 6) is 6.27. The van der Waals surface area contributed by atoms with Gasteiger partial charge < -0.3 is 10.0 Å². The minimum atomic E-state index is -1.78. The number of benzene rings is 2. The molecule has 0 saturated carbocycles. The Bertz CT molecular complexity index is 869. The van der Waals surface area contributed by atoms with E-state index in [4.69, 9.17) is 0 Å². The molecule has 2 atom stereocenters. The molecular weight excluding hydrogens is 386 g/mol. The van der Waals surface area contributed by atoms with Crippen LogP contribution in [0.15, 0.2) is 60.7 Å². The Kier molecular flexibility index (Phi) is 6.85. The van der Waals surface area contributed by atoms with E-state index in [0.29, 0.717) is 13.0 Å². The Balaban J connectivity index is 2.05. The summed E-state index contributed by atoms with van der Waals surface area (Å²) in [7, 11) is -1.78. The molecule has 2 aromatic rings. The molecule has 1 N–H and O–H groups in total. The molecular formula is C26H33NO2Si. The van der Waals surface area contributed by atoms with E-state index in [1.54, 1.807) is 0 Å². The van der Waals surface area contributed by atoms with E-state index in [-0.39, 0.29) is 17.5 Å². The summed E-state index contributed by atoms with van der Waals surface area (Å²) < 4.78 is 0. The molecule has 1 fully saturated rings. The van der Waals surface area contributed by atoms with E-state index >= 15 is 0 Å². The molecule has 0 spiro atoms. The van der Waals surface area contributed by atoms with Crippen LogP contribution in [-0.4, -0.2) is 36.6 Å². The lowest BCUT2D eigenvalue weighted by Gasteiger charge is -2.42. The third-order valence-electron chi connectivity index (χ3n) is 6.27. The molecule has 1 amide bonds. The minimum absolute atomic E-state index is 0.0682. The number of likely N-dealkylation sites (tertiary alicyclic amines) is 1. The maximum atomic E-state index is 13.8. The zero-order valence-corrected chi connectivity index (χ0v) is 19.6. The summed E-state index contributed by atoms with van der Waals surface area (Å²) in [6, 6.07) is 19.3. The highest BCUT2D eigenvalue weighted by Crippen LogP contribution is 2.42. The normalized spacial score (nSPS) is 17.9. The van der Waals surface area contributed by atoms with Gasteiger partial charge in [-0.25, -0.2) is 0 Å². The topological polar surface area (TPSA) is 40.5 Å². The van der Waals surface area contributed by atoms with Crippen molar-refractivity contribution in [2.24, 2.45) is 0 Å². The van der Waals surface area contributed by atoms with Crippen molar-refractivity contribution in [2.75, 3.05) is 6.54 Å². The second-order valence-corrected chi connectivity index (χ2v) is 14.7. The maximum Gasteiger partial charge on any atom is 0.224 e. The number of rotatable bonds is 6. The lowest BCUT2D eigenvalue weighted by Crippen LogP contribution is -2.53. The van der Waals surface area contributed by atoms with Crippen molar-refractivity contribution in [1.82, 2.24) is 4.90 Å². The SMILES string of the molecule is CC#CC[C@@H](C(=O)N1CCC[C@H]1C(O)(c1ccccc1)c1ccccc1)[Si](C)(C)C. The Morgan fingerprint density at radius 2 is 1.63 bits per heavy atom. The molecule has 0 unspecified atom stereocenters. The molecule has 1 aliphatic rings. The average Bonchev–Trinajstić information content (AvgIpc) is 3.24. The van der Waals surface area contributed by atoms with Crippen LogP contribution in [0, 0.1) is 11.8 Å². The zero-order chi connectivity index (χ0) is 21.8. The summed E-state index contributed by atoms with van der Waals surface area (Å²) in [5, 5.41) is 12.2. The molecule has 3 rings (SSSR count). The zero-order valence-electron chi connectivity index (χ0n) is 18.6. The van der Waals surface area contributed by atoms with E-state index < -0.39 is 13.7 Å². The third kappa shape index (κ3) is 4.38. The molecule has 158 valence electrons. The van der Waals surface area contributed by atoms with Crippen molar-refractivity contribution in [3.05, 3.63) is 71.8 Å². The number of amides is 1. The summed E-state index contributed by atoms with van der Waals surface area (Å²) in [4.78, 5) is 15.8. The van der Waals surface area contributed by atoms with Gasteiger partial charge in [0.25, 0.3) is 0 Å². The fraction of sp³-hybridized carbons (Fsp3) is 0.423. The van der Waals surface area contributed by atoms with Crippen LogP contribution in [0.2, 0.25) is 25.2 Å². The summed E-state index contributed by atoms with van der Waals surface area (Å²) >= 11 is 0.